The molecule has 0 radical (unpaired) electrons. The van der Waals surface area contributed by atoms with E-state index in [9.17, 15) is 0 Å². The second-order valence-electron chi connectivity index (χ2n) is 4.16. The topological polar surface area (TPSA) is 0 Å². The minimum atomic E-state index is 1.30. The van der Waals surface area contributed by atoms with Gasteiger partial charge in [0, 0.05) is 0 Å². The summed E-state index contributed by atoms with van der Waals surface area (Å²) in [6.07, 6.45) is 9.52. The van der Waals surface area contributed by atoms with Gasteiger partial charge >= 0.3 is 0 Å². The molecule has 0 aliphatic rings. The van der Waals surface area contributed by atoms with Crippen LogP contribution in [0, 0.1) is 0 Å². The first kappa shape index (κ1) is 12.7. The minimum Gasteiger partial charge on any atom is -0.0772 e. The Balaban J connectivity index is 3.65. The first-order valence-electron chi connectivity index (χ1n) is 5.87. The highest BCUT2D eigenvalue weighted by Gasteiger charge is 1.98. The van der Waals surface area contributed by atoms with E-state index in [0.29, 0.717) is 0 Å². The fraction of sp³-hybridized carbons (Fsp3) is 0.846. The third kappa shape index (κ3) is 6.86. The van der Waals surface area contributed by atoms with E-state index in [4.69, 9.17) is 0 Å². The number of allylic oxidation sites excluding steroid dienone is 2. The van der Waals surface area contributed by atoms with Gasteiger partial charge < -0.3 is 0 Å². The highest BCUT2D eigenvalue weighted by atomic mass is 14.0. The van der Waals surface area contributed by atoms with Gasteiger partial charge in [-0.2, -0.15) is 0 Å². The number of hydrogen-bond donors (Lipinski definition) is 0. The van der Waals surface area contributed by atoms with Gasteiger partial charge in [-0.05, 0) is 33.1 Å². The quantitative estimate of drug-likeness (QED) is 0.380. The Labute approximate surface area is 84.4 Å². The van der Waals surface area contributed by atoms with Crippen LogP contribution in [0.2, 0.25) is 0 Å². The van der Waals surface area contributed by atoms with Gasteiger partial charge in [0.25, 0.3) is 0 Å². The minimum absolute atomic E-state index is 1.30. The predicted molar refractivity (Wildman–Crippen MR) is 62.0 cm³/mol. The van der Waals surface area contributed by atoms with Gasteiger partial charge in [0.1, 0.15) is 0 Å². The van der Waals surface area contributed by atoms with Crippen LogP contribution >= 0.6 is 0 Å². The standard InChI is InChI=1S/C13H26/c1-5-7-8-9-11-13(10-6-2)12(3)4/h5-11H2,1-4H3. The molecule has 0 amide bonds. The lowest BCUT2D eigenvalue weighted by atomic mass is 9.99. The molecule has 0 aromatic carbocycles. The van der Waals surface area contributed by atoms with E-state index in [1.807, 2.05) is 0 Å². The van der Waals surface area contributed by atoms with Gasteiger partial charge in [0.15, 0.2) is 0 Å². The zero-order chi connectivity index (χ0) is 10.1. The van der Waals surface area contributed by atoms with Gasteiger partial charge in [-0.3, -0.25) is 0 Å². The molecule has 0 spiro atoms. The first-order chi connectivity index (χ1) is 6.22. The monoisotopic (exact) mass is 182 g/mol. The third-order valence-electron chi connectivity index (χ3n) is 2.59. The van der Waals surface area contributed by atoms with Gasteiger partial charge in [-0.25, -0.2) is 0 Å². The van der Waals surface area contributed by atoms with E-state index in [0.717, 1.165) is 0 Å². The Kier molecular flexibility index (Phi) is 8.18. The SMILES string of the molecule is CCCCCCC(CCC)=C(C)C. The van der Waals surface area contributed by atoms with Crippen LogP contribution in [-0.4, -0.2) is 0 Å². The molecular formula is C13H26. The summed E-state index contributed by atoms with van der Waals surface area (Å²) < 4.78 is 0. The van der Waals surface area contributed by atoms with Crippen molar-refractivity contribution >= 4 is 0 Å². The lowest BCUT2D eigenvalue weighted by Gasteiger charge is -2.08. The summed E-state index contributed by atoms with van der Waals surface area (Å²) >= 11 is 0. The van der Waals surface area contributed by atoms with E-state index < -0.39 is 0 Å². The number of rotatable bonds is 7. The van der Waals surface area contributed by atoms with Crippen LogP contribution < -0.4 is 0 Å². The van der Waals surface area contributed by atoms with Gasteiger partial charge in [0.05, 0.1) is 0 Å². The molecule has 0 heteroatoms. The highest BCUT2D eigenvalue weighted by molar-refractivity contribution is 5.09. The van der Waals surface area contributed by atoms with Crippen LogP contribution in [-0.2, 0) is 0 Å². The lowest BCUT2D eigenvalue weighted by Crippen LogP contribution is -1.88. The maximum absolute atomic E-state index is 2.27. The third-order valence-corrected chi connectivity index (χ3v) is 2.59. The molecule has 0 nitrogen and oxygen atoms in total. The number of unbranched alkanes of at least 4 members (excludes halogenated alkanes) is 3. The maximum atomic E-state index is 2.27. The highest BCUT2D eigenvalue weighted by Crippen LogP contribution is 2.18. The Bertz CT molecular complexity index is 138. The van der Waals surface area contributed by atoms with Crippen molar-refractivity contribution in [3.8, 4) is 0 Å². The molecule has 0 fully saturated rings. The normalized spacial score (nSPS) is 10.2. The molecule has 0 aromatic rings. The lowest BCUT2D eigenvalue weighted by molar-refractivity contribution is 0.648. The summed E-state index contributed by atoms with van der Waals surface area (Å²) in [6.45, 7) is 9.05. The summed E-state index contributed by atoms with van der Waals surface area (Å²) in [5.74, 6) is 0. The van der Waals surface area contributed by atoms with Crippen LogP contribution in [0.15, 0.2) is 11.1 Å². The average Bonchev–Trinajstić information content (AvgIpc) is 2.10. The molecule has 0 unspecified atom stereocenters. The molecule has 13 heavy (non-hydrogen) atoms. The summed E-state index contributed by atoms with van der Waals surface area (Å²) in [7, 11) is 0. The van der Waals surface area contributed by atoms with Crippen LogP contribution in [0.1, 0.15) is 72.6 Å². The molecule has 0 aliphatic heterocycles. The summed E-state index contributed by atoms with van der Waals surface area (Å²) in [5.41, 5.74) is 3.26. The van der Waals surface area contributed by atoms with Crippen molar-refractivity contribution in [3.05, 3.63) is 11.1 Å². The van der Waals surface area contributed by atoms with Crippen molar-refractivity contribution in [2.45, 2.75) is 72.6 Å². The van der Waals surface area contributed by atoms with Crippen LogP contribution in [0.3, 0.4) is 0 Å². The second kappa shape index (κ2) is 8.34. The fourth-order valence-electron chi connectivity index (χ4n) is 1.69. The van der Waals surface area contributed by atoms with Gasteiger partial charge in [-0.15, -0.1) is 0 Å². The Morgan fingerprint density at radius 2 is 1.46 bits per heavy atom. The number of hydrogen-bond acceptors (Lipinski definition) is 0. The Hall–Kier alpha value is -0.260. The van der Waals surface area contributed by atoms with Crippen LogP contribution in [0.25, 0.3) is 0 Å². The summed E-state index contributed by atoms with van der Waals surface area (Å²) in [6, 6.07) is 0. The largest absolute Gasteiger partial charge is 0.0772 e. The predicted octanol–water partition coefficient (Wildman–Crippen LogP) is 5.09. The molecule has 0 aliphatic carbocycles. The molecular weight excluding hydrogens is 156 g/mol. The van der Waals surface area contributed by atoms with E-state index in [1.165, 1.54) is 44.9 Å². The van der Waals surface area contributed by atoms with Crippen molar-refractivity contribution in [2.75, 3.05) is 0 Å². The van der Waals surface area contributed by atoms with E-state index in [1.54, 1.807) is 11.1 Å². The van der Waals surface area contributed by atoms with Crippen molar-refractivity contribution < 1.29 is 0 Å². The molecule has 0 rings (SSSR count). The molecule has 0 atom stereocenters. The zero-order valence-corrected chi connectivity index (χ0v) is 9.95. The fourth-order valence-corrected chi connectivity index (χ4v) is 1.69. The molecule has 0 aromatic heterocycles. The van der Waals surface area contributed by atoms with Crippen molar-refractivity contribution in [1.29, 1.82) is 0 Å². The molecule has 0 saturated heterocycles. The average molecular weight is 182 g/mol. The Morgan fingerprint density at radius 3 is 1.92 bits per heavy atom. The summed E-state index contributed by atoms with van der Waals surface area (Å²) in [5, 5.41) is 0. The van der Waals surface area contributed by atoms with E-state index in [2.05, 4.69) is 27.7 Å². The maximum Gasteiger partial charge on any atom is -0.0318 e. The van der Waals surface area contributed by atoms with Gasteiger partial charge in [-0.1, -0.05) is 50.7 Å². The van der Waals surface area contributed by atoms with E-state index >= 15 is 0 Å². The Morgan fingerprint density at radius 1 is 0.769 bits per heavy atom. The summed E-state index contributed by atoms with van der Waals surface area (Å²) in [4.78, 5) is 0. The van der Waals surface area contributed by atoms with Crippen LogP contribution in [0.4, 0.5) is 0 Å². The molecule has 78 valence electrons. The second-order valence-corrected chi connectivity index (χ2v) is 4.16. The van der Waals surface area contributed by atoms with Crippen molar-refractivity contribution in [1.82, 2.24) is 0 Å². The zero-order valence-electron chi connectivity index (χ0n) is 9.95. The van der Waals surface area contributed by atoms with Crippen molar-refractivity contribution in [3.63, 3.8) is 0 Å². The molecule has 0 saturated carbocycles. The smallest absolute Gasteiger partial charge is 0.0318 e. The van der Waals surface area contributed by atoms with Crippen molar-refractivity contribution in [2.24, 2.45) is 0 Å². The first-order valence-corrected chi connectivity index (χ1v) is 5.87. The molecule has 0 N–H and O–H groups in total. The van der Waals surface area contributed by atoms with Gasteiger partial charge in [0.2, 0.25) is 0 Å². The van der Waals surface area contributed by atoms with E-state index in [-0.39, 0.29) is 0 Å². The van der Waals surface area contributed by atoms with Crippen LogP contribution in [0.5, 0.6) is 0 Å². The molecule has 0 heterocycles. The molecule has 0 bridgehead atoms.